The molecule has 2 aromatic rings. The summed E-state index contributed by atoms with van der Waals surface area (Å²) in [7, 11) is 0. The number of carbonyl (C=O) groups excluding carboxylic acids is 1. The van der Waals surface area contributed by atoms with E-state index in [0.29, 0.717) is 6.54 Å². The van der Waals surface area contributed by atoms with Crippen LogP contribution in [0.1, 0.15) is 30.5 Å². The molecule has 0 spiro atoms. The maximum atomic E-state index is 12.5. The highest BCUT2D eigenvalue weighted by atomic mass is 35.5. The normalized spacial score (nSPS) is 16.7. The second kappa shape index (κ2) is 7.82. The predicted octanol–water partition coefficient (Wildman–Crippen LogP) is 3.22. The Morgan fingerprint density at radius 2 is 1.71 bits per heavy atom. The molecule has 0 saturated heterocycles. The summed E-state index contributed by atoms with van der Waals surface area (Å²) in [6, 6.07) is 18.5. The van der Waals surface area contributed by atoms with Crippen LogP contribution in [0.25, 0.3) is 0 Å². The van der Waals surface area contributed by atoms with Crippen molar-refractivity contribution in [3.8, 4) is 0 Å². The van der Waals surface area contributed by atoms with Crippen LogP contribution in [0.2, 0.25) is 0 Å². The molecule has 128 valence electrons. The number of hydrogen-bond donors (Lipinski definition) is 2. The Labute approximate surface area is 150 Å². The van der Waals surface area contributed by atoms with E-state index >= 15 is 0 Å². The van der Waals surface area contributed by atoms with Gasteiger partial charge in [0.05, 0.1) is 6.04 Å². The van der Waals surface area contributed by atoms with E-state index < -0.39 is 0 Å². The van der Waals surface area contributed by atoms with Crippen LogP contribution in [0.4, 0.5) is 0 Å². The fraction of sp³-hybridized carbons (Fsp3) is 0.350. The molecule has 0 radical (unpaired) electrons. The predicted molar refractivity (Wildman–Crippen MR) is 100 cm³/mol. The van der Waals surface area contributed by atoms with Crippen molar-refractivity contribution >= 4 is 18.3 Å². The van der Waals surface area contributed by atoms with Crippen LogP contribution in [0, 0.1) is 0 Å². The third-order valence-electron chi connectivity index (χ3n) is 4.66. The minimum absolute atomic E-state index is 0. The molecule has 1 unspecified atom stereocenters. The van der Waals surface area contributed by atoms with E-state index in [1.807, 2.05) is 30.3 Å². The third-order valence-corrected chi connectivity index (χ3v) is 4.66. The zero-order valence-corrected chi connectivity index (χ0v) is 15.0. The molecular weight excluding hydrogens is 320 g/mol. The van der Waals surface area contributed by atoms with Gasteiger partial charge in [-0.15, -0.1) is 12.4 Å². The van der Waals surface area contributed by atoms with Gasteiger partial charge in [-0.3, -0.25) is 4.79 Å². The molecule has 1 aliphatic rings. The lowest BCUT2D eigenvalue weighted by molar-refractivity contribution is -0.123. The molecular formula is C20H25ClN2O. The average Bonchev–Trinajstić information content (AvgIpc) is 2.60. The molecule has 0 saturated carbocycles. The summed E-state index contributed by atoms with van der Waals surface area (Å²) in [6.45, 7) is 5.71. The Morgan fingerprint density at radius 1 is 1.08 bits per heavy atom. The number of hydrogen-bond acceptors (Lipinski definition) is 2. The van der Waals surface area contributed by atoms with E-state index in [0.717, 1.165) is 13.0 Å². The number of fused-ring (bicyclic) bond motifs is 1. The summed E-state index contributed by atoms with van der Waals surface area (Å²) < 4.78 is 0. The maximum absolute atomic E-state index is 12.5. The van der Waals surface area contributed by atoms with Crippen LogP contribution in [-0.2, 0) is 23.2 Å². The zero-order valence-electron chi connectivity index (χ0n) is 14.2. The minimum atomic E-state index is -0.142. The molecule has 2 N–H and O–H groups in total. The highest BCUT2D eigenvalue weighted by Crippen LogP contribution is 2.22. The summed E-state index contributed by atoms with van der Waals surface area (Å²) in [5.74, 6) is 0.0866. The lowest BCUT2D eigenvalue weighted by Crippen LogP contribution is -2.50. The van der Waals surface area contributed by atoms with Crippen LogP contribution in [-0.4, -0.2) is 18.5 Å². The lowest BCUT2D eigenvalue weighted by atomic mass is 9.84. The number of benzene rings is 2. The Morgan fingerprint density at radius 3 is 2.42 bits per heavy atom. The molecule has 0 aromatic heterocycles. The molecule has 4 heteroatoms. The van der Waals surface area contributed by atoms with Gasteiger partial charge in [0.25, 0.3) is 0 Å². The number of amides is 1. The molecule has 3 rings (SSSR count). The van der Waals surface area contributed by atoms with Gasteiger partial charge in [0.15, 0.2) is 0 Å². The van der Waals surface area contributed by atoms with Gasteiger partial charge in [0.2, 0.25) is 5.91 Å². The van der Waals surface area contributed by atoms with Gasteiger partial charge < -0.3 is 10.6 Å². The standard InChI is InChI=1S/C20H24N2O.ClH/c1-20(2,17-10-4-3-5-11-17)14-22-19(23)18-12-15-8-6-7-9-16(15)13-21-18;/h3-11,18,21H,12-14H2,1-2H3,(H,22,23);1H. The van der Waals surface area contributed by atoms with Crippen molar-refractivity contribution in [3.05, 3.63) is 71.3 Å². The van der Waals surface area contributed by atoms with E-state index in [1.165, 1.54) is 16.7 Å². The Kier molecular flexibility index (Phi) is 6.03. The van der Waals surface area contributed by atoms with Gasteiger partial charge in [-0.05, 0) is 23.1 Å². The molecule has 0 aliphatic carbocycles. The first-order valence-electron chi connectivity index (χ1n) is 8.20. The topological polar surface area (TPSA) is 41.1 Å². The van der Waals surface area contributed by atoms with Crippen molar-refractivity contribution in [2.45, 2.75) is 38.3 Å². The molecule has 1 amide bonds. The molecule has 1 aliphatic heterocycles. The Hall–Kier alpha value is -1.84. The first-order chi connectivity index (χ1) is 11.1. The SMILES string of the molecule is CC(C)(CNC(=O)C1Cc2ccccc2CN1)c1ccccc1.Cl. The van der Waals surface area contributed by atoms with Crippen molar-refractivity contribution in [2.24, 2.45) is 0 Å². The molecule has 0 fully saturated rings. The van der Waals surface area contributed by atoms with E-state index in [1.54, 1.807) is 0 Å². The molecule has 0 bridgehead atoms. The van der Waals surface area contributed by atoms with Gasteiger partial charge in [-0.25, -0.2) is 0 Å². The fourth-order valence-corrected chi connectivity index (χ4v) is 3.06. The van der Waals surface area contributed by atoms with Crippen LogP contribution >= 0.6 is 12.4 Å². The quantitative estimate of drug-likeness (QED) is 0.894. The van der Waals surface area contributed by atoms with Gasteiger partial charge in [0, 0.05) is 18.5 Å². The lowest BCUT2D eigenvalue weighted by Gasteiger charge is -2.29. The first-order valence-corrected chi connectivity index (χ1v) is 8.20. The molecule has 3 nitrogen and oxygen atoms in total. The number of rotatable bonds is 4. The smallest absolute Gasteiger partial charge is 0.237 e. The van der Waals surface area contributed by atoms with E-state index in [9.17, 15) is 4.79 Å². The zero-order chi connectivity index (χ0) is 16.3. The first kappa shape index (κ1) is 18.5. The molecule has 2 aromatic carbocycles. The second-order valence-electron chi connectivity index (χ2n) is 6.87. The van der Waals surface area contributed by atoms with Crippen molar-refractivity contribution in [1.82, 2.24) is 10.6 Å². The summed E-state index contributed by atoms with van der Waals surface area (Å²) in [4.78, 5) is 12.5. The van der Waals surface area contributed by atoms with Crippen LogP contribution < -0.4 is 10.6 Å². The van der Waals surface area contributed by atoms with Crippen molar-refractivity contribution < 1.29 is 4.79 Å². The van der Waals surface area contributed by atoms with Gasteiger partial charge in [0.1, 0.15) is 0 Å². The molecule has 1 atom stereocenters. The number of halogens is 1. The van der Waals surface area contributed by atoms with Crippen molar-refractivity contribution in [3.63, 3.8) is 0 Å². The summed E-state index contributed by atoms with van der Waals surface area (Å²) in [6.07, 6.45) is 0.758. The van der Waals surface area contributed by atoms with Crippen LogP contribution in [0.15, 0.2) is 54.6 Å². The minimum Gasteiger partial charge on any atom is -0.354 e. The van der Waals surface area contributed by atoms with Crippen molar-refractivity contribution in [2.75, 3.05) is 6.54 Å². The summed E-state index contributed by atoms with van der Waals surface area (Å²) >= 11 is 0. The van der Waals surface area contributed by atoms with Crippen molar-refractivity contribution in [1.29, 1.82) is 0 Å². The maximum Gasteiger partial charge on any atom is 0.237 e. The highest BCUT2D eigenvalue weighted by molar-refractivity contribution is 5.85. The summed E-state index contributed by atoms with van der Waals surface area (Å²) in [5.41, 5.74) is 3.72. The second-order valence-corrected chi connectivity index (χ2v) is 6.87. The molecule has 1 heterocycles. The Bertz CT molecular complexity index is 685. The Balaban J connectivity index is 0.00000208. The van der Waals surface area contributed by atoms with Gasteiger partial charge >= 0.3 is 0 Å². The molecule has 24 heavy (non-hydrogen) atoms. The van der Waals surface area contributed by atoms with Gasteiger partial charge in [-0.1, -0.05) is 68.4 Å². The number of nitrogens with one attached hydrogen (secondary N) is 2. The van der Waals surface area contributed by atoms with Crippen LogP contribution in [0.3, 0.4) is 0 Å². The third kappa shape index (κ3) is 4.16. The number of carbonyl (C=O) groups is 1. The summed E-state index contributed by atoms with van der Waals surface area (Å²) in [5, 5.41) is 6.46. The van der Waals surface area contributed by atoms with Crippen LogP contribution in [0.5, 0.6) is 0 Å². The fourth-order valence-electron chi connectivity index (χ4n) is 3.06. The van der Waals surface area contributed by atoms with E-state index in [-0.39, 0.29) is 29.8 Å². The monoisotopic (exact) mass is 344 g/mol. The largest absolute Gasteiger partial charge is 0.354 e. The average molecular weight is 345 g/mol. The highest BCUT2D eigenvalue weighted by Gasteiger charge is 2.26. The van der Waals surface area contributed by atoms with E-state index in [2.05, 4.69) is 48.7 Å². The van der Waals surface area contributed by atoms with Gasteiger partial charge in [-0.2, -0.15) is 0 Å². The van der Waals surface area contributed by atoms with E-state index in [4.69, 9.17) is 0 Å².